The van der Waals surface area contributed by atoms with E-state index in [1.807, 2.05) is 30.3 Å². The van der Waals surface area contributed by atoms with Gasteiger partial charge in [-0.15, -0.1) is 0 Å². The van der Waals surface area contributed by atoms with Gasteiger partial charge in [-0.2, -0.15) is 0 Å². The normalized spacial score (nSPS) is 10.6. The molecule has 4 aromatic rings. The molecule has 0 unspecified atom stereocenters. The van der Waals surface area contributed by atoms with E-state index in [1.54, 1.807) is 18.2 Å². The number of aromatic nitrogens is 2. The molecule has 4 rings (SSSR count). The molecule has 3 aromatic carbocycles. The highest BCUT2D eigenvalue weighted by Gasteiger charge is 2.12. The Hall–Kier alpha value is -4.79. The molecule has 0 saturated heterocycles. The average molecular weight is 487 g/mol. The van der Waals surface area contributed by atoms with Crippen molar-refractivity contribution in [1.29, 1.82) is 0 Å². The van der Waals surface area contributed by atoms with Gasteiger partial charge in [0, 0.05) is 35.6 Å². The van der Waals surface area contributed by atoms with Gasteiger partial charge in [0.1, 0.15) is 12.4 Å². The van der Waals surface area contributed by atoms with Gasteiger partial charge in [-0.1, -0.05) is 48.5 Å². The van der Waals surface area contributed by atoms with Crippen molar-refractivity contribution in [3.63, 3.8) is 0 Å². The lowest BCUT2D eigenvalue weighted by atomic mass is 10.1. The maximum absolute atomic E-state index is 13.7. The molecule has 0 aliphatic rings. The summed E-state index contributed by atoms with van der Waals surface area (Å²) in [6.07, 6.45) is 1.40. The Labute approximate surface area is 205 Å². The standard InChI is InChI=1S/C27H23FN4O4/c28-23-9-5-4-8-21(23)16-29-26(35)20-10-12-22(13-11-20)30-24(33)18-32-25(34)14-15-31(27(32)36)17-19-6-2-1-3-7-19/h1-15H,16-18H2,(H,29,35)(H,30,33). The first-order valence-corrected chi connectivity index (χ1v) is 11.2. The van der Waals surface area contributed by atoms with Gasteiger partial charge in [-0.25, -0.2) is 9.18 Å². The Kier molecular flexibility index (Phi) is 7.50. The van der Waals surface area contributed by atoms with E-state index in [0.717, 1.165) is 10.1 Å². The number of benzene rings is 3. The van der Waals surface area contributed by atoms with Crippen LogP contribution in [0.5, 0.6) is 0 Å². The zero-order valence-corrected chi connectivity index (χ0v) is 19.2. The second-order valence-electron chi connectivity index (χ2n) is 8.04. The van der Waals surface area contributed by atoms with Crippen molar-refractivity contribution < 1.29 is 14.0 Å². The minimum absolute atomic E-state index is 0.0393. The Morgan fingerprint density at radius 3 is 2.25 bits per heavy atom. The summed E-state index contributed by atoms with van der Waals surface area (Å²) in [5, 5.41) is 5.26. The maximum Gasteiger partial charge on any atom is 0.331 e. The number of anilines is 1. The van der Waals surface area contributed by atoms with Crippen molar-refractivity contribution in [3.8, 4) is 0 Å². The van der Waals surface area contributed by atoms with Gasteiger partial charge in [0.25, 0.3) is 11.5 Å². The number of carbonyl (C=O) groups is 2. The SMILES string of the molecule is O=C(Cn1c(=O)ccn(Cc2ccccc2)c1=O)Nc1ccc(C(=O)NCc2ccccc2F)cc1. The van der Waals surface area contributed by atoms with E-state index in [9.17, 15) is 23.6 Å². The van der Waals surface area contributed by atoms with Crippen LogP contribution < -0.4 is 21.9 Å². The molecule has 2 amide bonds. The van der Waals surface area contributed by atoms with Crippen molar-refractivity contribution in [2.75, 3.05) is 5.32 Å². The molecule has 0 fully saturated rings. The van der Waals surface area contributed by atoms with Crippen molar-refractivity contribution in [3.05, 3.63) is 134 Å². The molecular formula is C27H23FN4O4. The van der Waals surface area contributed by atoms with E-state index in [1.165, 1.54) is 47.2 Å². The molecule has 0 aliphatic heterocycles. The molecular weight excluding hydrogens is 463 g/mol. The Morgan fingerprint density at radius 1 is 0.833 bits per heavy atom. The van der Waals surface area contributed by atoms with Gasteiger partial charge >= 0.3 is 5.69 Å². The van der Waals surface area contributed by atoms with Crippen molar-refractivity contribution in [1.82, 2.24) is 14.5 Å². The van der Waals surface area contributed by atoms with Crippen LogP contribution in [0.4, 0.5) is 10.1 Å². The highest BCUT2D eigenvalue weighted by Crippen LogP contribution is 2.11. The minimum atomic E-state index is -0.594. The summed E-state index contributed by atoms with van der Waals surface area (Å²) in [5.74, 6) is -1.37. The van der Waals surface area contributed by atoms with E-state index >= 15 is 0 Å². The summed E-state index contributed by atoms with van der Waals surface area (Å²) in [7, 11) is 0. The number of amides is 2. The highest BCUT2D eigenvalue weighted by molar-refractivity contribution is 5.95. The molecule has 1 aromatic heterocycles. The lowest BCUT2D eigenvalue weighted by Gasteiger charge is -2.11. The first kappa shape index (κ1) is 24.3. The number of nitrogens with one attached hydrogen (secondary N) is 2. The fraction of sp³-hybridized carbons (Fsp3) is 0.111. The topological polar surface area (TPSA) is 102 Å². The van der Waals surface area contributed by atoms with E-state index in [4.69, 9.17) is 0 Å². The van der Waals surface area contributed by atoms with Gasteiger partial charge in [0.2, 0.25) is 5.91 Å². The third kappa shape index (κ3) is 6.01. The van der Waals surface area contributed by atoms with E-state index in [0.29, 0.717) is 16.8 Å². The van der Waals surface area contributed by atoms with Crippen LogP contribution in [0.25, 0.3) is 0 Å². The number of carbonyl (C=O) groups excluding carboxylic acids is 2. The van der Waals surface area contributed by atoms with Crippen LogP contribution in [-0.2, 0) is 24.4 Å². The molecule has 36 heavy (non-hydrogen) atoms. The molecule has 0 aliphatic carbocycles. The van der Waals surface area contributed by atoms with Crippen LogP contribution in [0, 0.1) is 5.82 Å². The molecule has 8 nitrogen and oxygen atoms in total. The van der Waals surface area contributed by atoms with Gasteiger partial charge < -0.3 is 10.6 Å². The molecule has 0 bridgehead atoms. The fourth-order valence-corrected chi connectivity index (χ4v) is 3.57. The van der Waals surface area contributed by atoms with Crippen LogP contribution in [-0.4, -0.2) is 20.9 Å². The monoisotopic (exact) mass is 486 g/mol. The molecule has 0 atom stereocenters. The van der Waals surface area contributed by atoms with Crippen LogP contribution in [0.3, 0.4) is 0 Å². The van der Waals surface area contributed by atoms with Crippen LogP contribution in [0.2, 0.25) is 0 Å². The van der Waals surface area contributed by atoms with E-state index in [-0.39, 0.29) is 13.1 Å². The molecule has 0 saturated carbocycles. The zero-order valence-electron chi connectivity index (χ0n) is 19.2. The van der Waals surface area contributed by atoms with Gasteiger partial charge in [-0.3, -0.25) is 23.5 Å². The Balaban J connectivity index is 1.38. The predicted octanol–water partition coefficient (Wildman–Crippen LogP) is 2.77. The Morgan fingerprint density at radius 2 is 1.53 bits per heavy atom. The van der Waals surface area contributed by atoms with Gasteiger partial charge in [-0.05, 0) is 35.9 Å². The van der Waals surface area contributed by atoms with Crippen LogP contribution in [0.1, 0.15) is 21.5 Å². The summed E-state index contributed by atoms with van der Waals surface area (Å²) in [4.78, 5) is 49.9. The molecule has 0 radical (unpaired) electrons. The maximum atomic E-state index is 13.7. The number of hydrogen-bond donors (Lipinski definition) is 2. The summed E-state index contributed by atoms with van der Waals surface area (Å²) in [5.41, 5.74) is 0.789. The highest BCUT2D eigenvalue weighted by atomic mass is 19.1. The summed E-state index contributed by atoms with van der Waals surface area (Å²) >= 11 is 0. The van der Waals surface area contributed by atoms with Gasteiger partial charge in [0.05, 0.1) is 6.54 Å². The summed E-state index contributed by atoms with van der Waals surface area (Å²) in [6.45, 7) is -0.155. The summed E-state index contributed by atoms with van der Waals surface area (Å²) in [6, 6.07) is 22.8. The van der Waals surface area contributed by atoms with Crippen LogP contribution in [0.15, 0.2) is 101 Å². The molecule has 1 heterocycles. The Bertz CT molecular complexity index is 1490. The quantitative estimate of drug-likeness (QED) is 0.400. The van der Waals surface area contributed by atoms with E-state index < -0.39 is 35.4 Å². The predicted molar refractivity (Wildman–Crippen MR) is 133 cm³/mol. The average Bonchev–Trinajstić information content (AvgIpc) is 2.88. The number of nitrogens with zero attached hydrogens (tertiary/aromatic N) is 2. The zero-order chi connectivity index (χ0) is 25.5. The van der Waals surface area contributed by atoms with Crippen LogP contribution >= 0.6 is 0 Å². The smallest absolute Gasteiger partial charge is 0.331 e. The lowest BCUT2D eigenvalue weighted by molar-refractivity contribution is -0.116. The lowest BCUT2D eigenvalue weighted by Crippen LogP contribution is -2.41. The molecule has 182 valence electrons. The molecule has 9 heteroatoms. The van der Waals surface area contributed by atoms with Crippen molar-refractivity contribution in [2.45, 2.75) is 19.6 Å². The fourth-order valence-electron chi connectivity index (χ4n) is 3.57. The molecule has 2 N–H and O–H groups in total. The third-order valence-electron chi connectivity index (χ3n) is 5.47. The van der Waals surface area contributed by atoms with Crippen molar-refractivity contribution >= 4 is 17.5 Å². The largest absolute Gasteiger partial charge is 0.348 e. The van der Waals surface area contributed by atoms with Crippen molar-refractivity contribution in [2.24, 2.45) is 0 Å². The first-order chi connectivity index (χ1) is 17.4. The number of halogens is 1. The second-order valence-corrected chi connectivity index (χ2v) is 8.04. The molecule has 0 spiro atoms. The summed E-state index contributed by atoms with van der Waals surface area (Å²) < 4.78 is 15.9. The van der Waals surface area contributed by atoms with Gasteiger partial charge in [0.15, 0.2) is 0 Å². The first-order valence-electron chi connectivity index (χ1n) is 11.2. The number of hydrogen-bond acceptors (Lipinski definition) is 4. The minimum Gasteiger partial charge on any atom is -0.348 e. The number of rotatable bonds is 8. The van der Waals surface area contributed by atoms with E-state index in [2.05, 4.69) is 10.6 Å². The second kappa shape index (κ2) is 11.1. The third-order valence-corrected chi connectivity index (χ3v) is 5.47.